The first-order valence-electron chi connectivity index (χ1n) is 3.77. The van der Waals surface area contributed by atoms with E-state index in [1.807, 2.05) is 12.3 Å². The van der Waals surface area contributed by atoms with Crippen molar-refractivity contribution in [3.63, 3.8) is 0 Å². The van der Waals surface area contributed by atoms with Crippen molar-refractivity contribution >= 4 is 0 Å². The zero-order chi connectivity index (χ0) is 9.10. The highest BCUT2D eigenvalue weighted by molar-refractivity contribution is 5.30. The van der Waals surface area contributed by atoms with Crippen molar-refractivity contribution in [3.8, 4) is 11.6 Å². The van der Waals surface area contributed by atoms with E-state index in [1.54, 1.807) is 30.3 Å². The summed E-state index contributed by atoms with van der Waals surface area (Å²) >= 11 is 0. The second-order valence-corrected chi connectivity index (χ2v) is 2.41. The minimum Gasteiger partial charge on any atom is -0.480 e. The summed E-state index contributed by atoms with van der Waals surface area (Å²) in [5, 5.41) is 11.6. The molecule has 0 saturated heterocycles. The number of hydrogen-bond acceptors (Lipinski definition) is 4. The number of rotatable bonds is 2. The predicted octanol–water partition coefficient (Wildman–Crippen LogP) is 0.671. The van der Waals surface area contributed by atoms with Gasteiger partial charge in [0.25, 0.3) is 0 Å². The van der Waals surface area contributed by atoms with Crippen LogP contribution >= 0.6 is 0 Å². The van der Waals surface area contributed by atoms with Gasteiger partial charge in [-0.05, 0) is 6.07 Å². The zero-order valence-electron chi connectivity index (χ0n) is 7.08. The van der Waals surface area contributed by atoms with Crippen LogP contribution in [0.5, 0.6) is 5.88 Å². The fourth-order valence-electron chi connectivity index (χ4n) is 0.984. The van der Waals surface area contributed by atoms with Gasteiger partial charge in [0.2, 0.25) is 5.88 Å². The molecule has 0 unspecified atom stereocenters. The lowest BCUT2D eigenvalue weighted by Crippen LogP contribution is -1.98. The van der Waals surface area contributed by atoms with Crippen molar-refractivity contribution in [1.29, 1.82) is 0 Å². The van der Waals surface area contributed by atoms with Crippen molar-refractivity contribution < 1.29 is 4.74 Å². The lowest BCUT2D eigenvalue weighted by molar-refractivity contribution is 0.391. The first-order valence-corrected chi connectivity index (χ1v) is 3.77. The van der Waals surface area contributed by atoms with Crippen LogP contribution in [0.4, 0.5) is 0 Å². The van der Waals surface area contributed by atoms with Crippen LogP contribution in [0, 0.1) is 0 Å². The largest absolute Gasteiger partial charge is 0.480 e. The van der Waals surface area contributed by atoms with Crippen LogP contribution in [-0.2, 0) is 0 Å². The normalized spacial score (nSPS) is 9.92. The third-order valence-corrected chi connectivity index (χ3v) is 1.60. The van der Waals surface area contributed by atoms with E-state index >= 15 is 0 Å². The third-order valence-electron chi connectivity index (χ3n) is 1.60. The Morgan fingerprint density at radius 3 is 3.08 bits per heavy atom. The summed E-state index contributed by atoms with van der Waals surface area (Å²) in [6.45, 7) is 0. The van der Waals surface area contributed by atoms with Gasteiger partial charge in [-0.25, -0.2) is 4.68 Å². The lowest BCUT2D eigenvalue weighted by atomic mass is 10.5. The molecule has 0 radical (unpaired) electrons. The molecule has 5 nitrogen and oxygen atoms in total. The highest BCUT2D eigenvalue weighted by Crippen LogP contribution is 2.09. The second-order valence-electron chi connectivity index (χ2n) is 2.41. The minimum atomic E-state index is 0.480. The fraction of sp³-hybridized carbons (Fsp3) is 0.125. The maximum Gasteiger partial charge on any atom is 0.235 e. The van der Waals surface area contributed by atoms with Gasteiger partial charge in [0.05, 0.1) is 19.0 Å². The molecule has 0 saturated carbocycles. The quantitative estimate of drug-likeness (QED) is 0.674. The molecule has 0 aliphatic heterocycles. The maximum absolute atomic E-state index is 4.94. The van der Waals surface area contributed by atoms with E-state index in [-0.39, 0.29) is 0 Å². The molecule has 0 aliphatic rings. The molecule has 2 rings (SSSR count). The highest BCUT2D eigenvalue weighted by Gasteiger charge is 1.99. The summed E-state index contributed by atoms with van der Waals surface area (Å²) in [5.41, 5.74) is 0.830. The van der Waals surface area contributed by atoms with Crippen LogP contribution in [0.15, 0.2) is 30.7 Å². The molecule has 0 aliphatic carbocycles. The SMILES string of the molecule is COc1cc(-n2cccn2)cnn1. The van der Waals surface area contributed by atoms with E-state index in [9.17, 15) is 0 Å². The van der Waals surface area contributed by atoms with Gasteiger partial charge >= 0.3 is 0 Å². The van der Waals surface area contributed by atoms with E-state index in [2.05, 4.69) is 15.3 Å². The van der Waals surface area contributed by atoms with Crippen molar-refractivity contribution in [2.24, 2.45) is 0 Å². The molecule has 0 amide bonds. The van der Waals surface area contributed by atoms with Crippen molar-refractivity contribution in [2.75, 3.05) is 7.11 Å². The van der Waals surface area contributed by atoms with Crippen LogP contribution in [-0.4, -0.2) is 27.1 Å². The molecule has 0 spiro atoms. The molecule has 13 heavy (non-hydrogen) atoms. The fourth-order valence-corrected chi connectivity index (χ4v) is 0.984. The summed E-state index contributed by atoms with van der Waals surface area (Å²) in [6.07, 6.45) is 5.15. The molecule has 0 aromatic carbocycles. The molecular weight excluding hydrogens is 168 g/mol. The summed E-state index contributed by atoms with van der Waals surface area (Å²) in [6, 6.07) is 3.60. The molecule has 0 atom stereocenters. The summed E-state index contributed by atoms with van der Waals surface area (Å²) in [4.78, 5) is 0. The number of aromatic nitrogens is 4. The van der Waals surface area contributed by atoms with Gasteiger partial charge in [-0.3, -0.25) is 0 Å². The number of methoxy groups -OCH3 is 1. The van der Waals surface area contributed by atoms with Crippen molar-refractivity contribution in [2.45, 2.75) is 0 Å². The summed E-state index contributed by atoms with van der Waals surface area (Å²) in [7, 11) is 1.55. The van der Waals surface area contributed by atoms with Crippen molar-refractivity contribution in [1.82, 2.24) is 20.0 Å². The van der Waals surface area contributed by atoms with E-state index in [4.69, 9.17) is 4.74 Å². The molecular formula is C8H8N4O. The Balaban J connectivity index is 2.41. The average Bonchev–Trinajstić information content (AvgIpc) is 2.71. The van der Waals surface area contributed by atoms with Crippen LogP contribution in [0.2, 0.25) is 0 Å². The molecule has 0 N–H and O–H groups in total. The zero-order valence-corrected chi connectivity index (χ0v) is 7.08. The molecule has 2 aromatic heterocycles. The van der Waals surface area contributed by atoms with E-state index in [0.29, 0.717) is 5.88 Å². The highest BCUT2D eigenvalue weighted by atomic mass is 16.5. The summed E-state index contributed by atoms with van der Waals surface area (Å²) in [5.74, 6) is 0.480. The Labute approximate surface area is 75.0 Å². The first kappa shape index (κ1) is 7.72. The Morgan fingerprint density at radius 1 is 1.46 bits per heavy atom. The Hall–Kier alpha value is -1.91. The predicted molar refractivity (Wildman–Crippen MR) is 45.7 cm³/mol. The lowest BCUT2D eigenvalue weighted by Gasteiger charge is -2.01. The van der Waals surface area contributed by atoms with Gasteiger partial charge < -0.3 is 4.74 Å². The average molecular weight is 176 g/mol. The van der Waals surface area contributed by atoms with Crippen LogP contribution in [0.1, 0.15) is 0 Å². The molecule has 2 heterocycles. The smallest absolute Gasteiger partial charge is 0.235 e. The molecule has 66 valence electrons. The monoisotopic (exact) mass is 176 g/mol. The Morgan fingerprint density at radius 2 is 2.38 bits per heavy atom. The second kappa shape index (κ2) is 3.22. The molecule has 5 heteroatoms. The van der Waals surface area contributed by atoms with Crippen LogP contribution in [0.25, 0.3) is 5.69 Å². The molecule has 0 bridgehead atoms. The van der Waals surface area contributed by atoms with Gasteiger partial charge in [0, 0.05) is 18.5 Å². The van der Waals surface area contributed by atoms with Gasteiger partial charge in [-0.1, -0.05) is 0 Å². The number of nitrogens with zero attached hydrogens (tertiary/aromatic N) is 4. The molecule has 2 aromatic rings. The molecule has 0 fully saturated rings. The Kier molecular flexibility index (Phi) is 1.91. The standard InChI is InChI=1S/C8H8N4O/c1-13-8-5-7(6-9-11-8)12-4-2-3-10-12/h2-6H,1H3. The van der Waals surface area contributed by atoms with E-state index in [1.165, 1.54) is 0 Å². The Bertz CT molecular complexity index is 385. The van der Waals surface area contributed by atoms with Gasteiger partial charge in [-0.15, -0.1) is 5.10 Å². The summed E-state index contributed by atoms with van der Waals surface area (Å²) < 4.78 is 6.63. The number of hydrogen-bond donors (Lipinski definition) is 0. The van der Waals surface area contributed by atoms with Gasteiger partial charge in [0.15, 0.2) is 0 Å². The minimum absolute atomic E-state index is 0.480. The van der Waals surface area contributed by atoms with E-state index in [0.717, 1.165) is 5.69 Å². The van der Waals surface area contributed by atoms with Gasteiger partial charge in [-0.2, -0.15) is 10.2 Å². The van der Waals surface area contributed by atoms with Crippen molar-refractivity contribution in [3.05, 3.63) is 30.7 Å². The first-order chi connectivity index (χ1) is 6.40. The topological polar surface area (TPSA) is 52.8 Å². The maximum atomic E-state index is 4.94. The third kappa shape index (κ3) is 1.48. The number of ether oxygens (including phenoxy) is 1. The van der Waals surface area contributed by atoms with Crippen LogP contribution in [0.3, 0.4) is 0 Å². The van der Waals surface area contributed by atoms with Crippen LogP contribution < -0.4 is 4.74 Å². The van der Waals surface area contributed by atoms with E-state index < -0.39 is 0 Å². The van der Waals surface area contributed by atoms with Gasteiger partial charge in [0.1, 0.15) is 0 Å².